The SMILES string of the molecule is O=C(c1ccc2c(c1)CCCC2)N1C[C@@H]2[C@H](C1)[C@H]1CN(C(=O)c3ccc4[nH]nnc4c3)C[C@@H]21. The van der Waals surface area contributed by atoms with E-state index in [-0.39, 0.29) is 11.8 Å². The van der Waals surface area contributed by atoms with E-state index in [0.717, 1.165) is 55.6 Å². The maximum absolute atomic E-state index is 13.3. The number of H-pyrrole nitrogens is 1. The third-order valence-electron chi connectivity index (χ3n) is 8.67. The summed E-state index contributed by atoms with van der Waals surface area (Å²) in [6.45, 7) is 3.24. The maximum Gasteiger partial charge on any atom is 0.253 e. The summed E-state index contributed by atoms with van der Waals surface area (Å²) in [5.74, 6) is 2.32. The molecule has 7 rings (SSSR count). The number of aryl methyl sites for hydroxylation is 2. The van der Waals surface area contributed by atoms with Crippen LogP contribution in [0.25, 0.3) is 11.0 Å². The molecule has 1 aromatic heterocycles. The quantitative estimate of drug-likeness (QED) is 0.663. The van der Waals surface area contributed by atoms with Crippen LogP contribution in [0.15, 0.2) is 36.4 Å². The lowest BCUT2D eigenvalue weighted by atomic mass is 9.60. The number of carbonyl (C=O) groups excluding carboxylic acids is 2. The Kier molecular flexibility index (Phi) is 4.17. The molecule has 2 aliphatic heterocycles. The molecule has 0 bridgehead atoms. The predicted molar refractivity (Wildman–Crippen MR) is 123 cm³/mol. The smallest absolute Gasteiger partial charge is 0.253 e. The second kappa shape index (κ2) is 7.14. The molecule has 0 unspecified atom stereocenters. The molecule has 33 heavy (non-hydrogen) atoms. The third kappa shape index (κ3) is 2.94. The number of fused-ring (bicyclic) bond motifs is 6. The average Bonchev–Trinajstić information content (AvgIpc) is 3.56. The fraction of sp³-hybridized carbons (Fsp3) is 0.462. The summed E-state index contributed by atoms with van der Waals surface area (Å²) in [4.78, 5) is 30.5. The Labute approximate surface area is 192 Å². The third-order valence-corrected chi connectivity index (χ3v) is 8.67. The fourth-order valence-electron chi connectivity index (χ4n) is 6.91. The highest BCUT2D eigenvalue weighted by Gasteiger charge is 2.59. The van der Waals surface area contributed by atoms with E-state index in [0.29, 0.717) is 29.2 Å². The molecular weight excluding hydrogens is 414 g/mol. The molecule has 7 nitrogen and oxygen atoms in total. The molecule has 2 aliphatic carbocycles. The van der Waals surface area contributed by atoms with E-state index in [9.17, 15) is 9.59 Å². The summed E-state index contributed by atoms with van der Waals surface area (Å²) in [6, 6.07) is 11.9. The van der Waals surface area contributed by atoms with Gasteiger partial charge in [-0.2, -0.15) is 0 Å². The van der Waals surface area contributed by atoms with Crippen molar-refractivity contribution in [1.82, 2.24) is 25.2 Å². The molecule has 0 spiro atoms. The Morgan fingerprint density at radius 3 is 2.00 bits per heavy atom. The van der Waals surface area contributed by atoms with Crippen LogP contribution in [-0.2, 0) is 12.8 Å². The Morgan fingerprint density at radius 2 is 1.33 bits per heavy atom. The van der Waals surface area contributed by atoms with Crippen LogP contribution < -0.4 is 0 Å². The van der Waals surface area contributed by atoms with E-state index < -0.39 is 0 Å². The standard InChI is InChI=1S/C26H27N5O2/c32-25(17-6-5-15-3-1-2-4-16(15)9-17)30-11-19-20(12-30)22-14-31(13-21(19)22)26(33)18-7-8-23-24(10-18)28-29-27-23/h5-10,19-22H,1-4,11-14H2,(H,27,28,29)/t19-,20+,21+,22-. The minimum Gasteiger partial charge on any atom is -0.338 e. The van der Waals surface area contributed by atoms with Gasteiger partial charge in [-0.3, -0.25) is 14.7 Å². The van der Waals surface area contributed by atoms with Gasteiger partial charge < -0.3 is 9.80 Å². The lowest BCUT2D eigenvalue weighted by Crippen LogP contribution is -2.44. The van der Waals surface area contributed by atoms with Crippen molar-refractivity contribution < 1.29 is 9.59 Å². The number of likely N-dealkylation sites (tertiary alicyclic amines) is 2. The van der Waals surface area contributed by atoms with E-state index in [4.69, 9.17) is 0 Å². The van der Waals surface area contributed by atoms with E-state index >= 15 is 0 Å². The summed E-state index contributed by atoms with van der Waals surface area (Å²) in [5, 5.41) is 10.7. The van der Waals surface area contributed by atoms with Crippen LogP contribution >= 0.6 is 0 Å². The molecule has 0 radical (unpaired) electrons. The van der Waals surface area contributed by atoms with Crippen molar-refractivity contribution >= 4 is 22.8 Å². The van der Waals surface area contributed by atoms with Gasteiger partial charge in [0.2, 0.25) is 0 Å². The second-order valence-corrected chi connectivity index (χ2v) is 10.3. The average molecular weight is 442 g/mol. The van der Waals surface area contributed by atoms with E-state index in [1.165, 1.54) is 24.0 Å². The molecule has 3 aromatic rings. The Morgan fingerprint density at radius 1 is 0.758 bits per heavy atom. The van der Waals surface area contributed by atoms with Crippen LogP contribution in [0.2, 0.25) is 0 Å². The maximum atomic E-state index is 13.3. The number of amides is 2. The number of nitrogens with one attached hydrogen (secondary N) is 1. The van der Waals surface area contributed by atoms with Crippen LogP contribution in [0, 0.1) is 23.7 Å². The van der Waals surface area contributed by atoms with Crippen molar-refractivity contribution in [2.45, 2.75) is 25.7 Å². The Hall–Kier alpha value is -3.22. The first kappa shape index (κ1) is 19.3. The molecule has 4 atom stereocenters. The van der Waals surface area contributed by atoms with Crippen molar-refractivity contribution in [2.24, 2.45) is 23.7 Å². The summed E-state index contributed by atoms with van der Waals surface area (Å²) >= 11 is 0. The minimum absolute atomic E-state index is 0.0781. The number of carbonyl (C=O) groups is 2. The zero-order valence-electron chi connectivity index (χ0n) is 18.5. The fourth-order valence-corrected chi connectivity index (χ4v) is 6.91. The zero-order chi connectivity index (χ0) is 22.1. The highest BCUT2D eigenvalue weighted by Crippen LogP contribution is 2.54. The lowest BCUT2D eigenvalue weighted by molar-refractivity contribution is 0.0629. The normalized spacial score (nSPS) is 27.8. The minimum atomic E-state index is 0.0781. The van der Waals surface area contributed by atoms with Crippen LogP contribution in [0.3, 0.4) is 0 Å². The molecule has 2 saturated heterocycles. The largest absolute Gasteiger partial charge is 0.338 e. The highest BCUT2D eigenvalue weighted by atomic mass is 16.2. The van der Waals surface area contributed by atoms with Gasteiger partial charge in [0.1, 0.15) is 5.52 Å². The van der Waals surface area contributed by atoms with Gasteiger partial charge in [0.05, 0.1) is 5.52 Å². The van der Waals surface area contributed by atoms with Gasteiger partial charge in [0.15, 0.2) is 0 Å². The number of nitrogens with zero attached hydrogens (tertiary/aromatic N) is 4. The molecule has 3 fully saturated rings. The number of hydrogen-bond donors (Lipinski definition) is 1. The number of rotatable bonds is 2. The predicted octanol–water partition coefficient (Wildman–Crippen LogP) is 2.93. The van der Waals surface area contributed by atoms with E-state index in [1.807, 2.05) is 29.2 Å². The summed E-state index contributed by atoms with van der Waals surface area (Å²) in [7, 11) is 0. The van der Waals surface area contributed by atoms with Gasteiger partial charge in [-0.15, -0.1) is 5.10 Å². The van der Waals surface area contributed by atoms with Gasteiger partial charge in [-0.1, -0.05) is 11.3 Å². The van der Waals surface area contributed by atoms with Crippen molar-refractivity contribution in [3.63, 3.8) is 0 Å². The number of aromatic nitrogens is 3. The first-order valence-corrected chi connectivity index (χ1v) is 12.2. The van der Waals surface area contributed by atoms with Gasteiger partial charge in [0, 0.05) is 37.3 Å². The molecule has 2 amide bonds. The first-order valence-electron chi connectivity index (χ1n) is 12.2. The van der Waals surface area contributed by atoms with Crippen LogP contribution in [0.1, 0.15) is 44.7 Å². The van der Waals surface area contributed by atoms with Crippen molar-refractivity contribution in [3.05, 3.63) is 58.7 Å². The highest BCUT2D eigenvalue weighted by molar-refractivity contribution is 5.97. The van der Waals surface area contributed by atoms with Crippen molar-refractivity contribution in [3.8, 4) is 0 Å². The molecule has 2 aromatic carbocycles. The van der Waals surface area contributed by atoms with Crippen molar-refractivity contribution in [2.75, 3.05) is 26.2 Å². The summed E-state index contributed by atoms with van der Waals surface area (Å²) < 4.78 is 0. The molecule has 1 saturated carbocycles. The molecular formula is C26H27N5O2. The van der Waals surface area contributed by atoms with Crippen molar-refractivity contribution in [1.29, 1.82) is 0 Å². The van der Waals surface area contributed by atoms with E-state index in [2.05, 4.69) is 32.4 Å². The van der Waals surface area contributed by atoms with Gasteiger partial charge in [-0.05, 0) is 90.8 Å². The lowest BCUT2D eigenvalue weighted by Gasteiger charge is -2.42. The molecule has 168 valence electrons. The molecule has 3 heterocycles. The Bertz CT molecular complexity index is 1260. The molecule has 1 N–H and O–H groups in total. The van der Waals surface area contributed by atoms with E-state index in [1.54, 1.807) is 0 Å². The zero-order valence-corrected chi connectivity index (χ0v) is 18.5. The number of aromatic amines is 1. The van der Waals surface area contributed by atoms with Gasteiger partial charge in [-0.25, -0.2) is 0 Å². The number of hydrogen-bond acceptors (Lipinski definition) is 4. The van der Waals surface area contributed by atoms with Crippen LogP contribution in [-0.4, -0.2) is 63.2 Å². The first-order chi connectivity index (χ1) is 16.2. The van der Waals surface area contributed by atoms with Crippen LogP contribution in [0.4, 0.5) is 0 Å². The molecule has 7 heteroatoms. The summed E-state index contributed by atoms with van der Waals surface area (Å²) in [5.41, 5.74) is 5.86. The monoisotopic (exact) mass is 441 g/mol. The summed E-state index contributed by atoms with van der Waals surface area (Å²) in [6.07, 6.45) is 4.72. The molecule has 4 aliphatic rings. The van der Waals surface area contributed by atoms with Gasteiger partial charge in [0.25, 0.3) is 11.8 Å². The Balaban J connectivity index is 1.03. The second-order valence-electron chi connectivity index (χ2n) is 10.3. The van der Waals surface area contributed by atoms with Gasteiger partial charge >= 0.3 is 0 Å². The topological polar surface area (TPSA) is 82.2 Å². The number of benzene rings is 2. The van der Waals surface area contributed by atoms with Crippen LogP contribution in [0.5, 0.6) is 0 Å².